The topological polar surface area (TPSA) is 109 Å². The number of fused-ring (bicyclic) bond motifs is 3. The first-order chi connectivity index (χ1) is 36.8. The van der Waals surface area contributed by atoms with Crippen molar-refractivity contribution >= 4 is 46.1 Å². The lowest BCUT2D eigenvalue weighted by Crippen LogP contribution is -2.48. The summed E-state index contributed by atoms with van der Waals surface area (Å²) in [5.41, 5.74) is 12.9. The number of carbonyl (C=O) groups is 2. The summed E-state index contributed by atoms with van der Waals surface area (Å²) < 4.78 is 37.8. The molecule has 5 aliphatic rings. The Kier molecular flexibility index (Phi) is 16.1. The summed E-state index contributed by atoms with van der Waals surface area (Å²) in [5, 5.41) is 0. The molecule has 6 aromatic carbocycles. The van der Waals surface area contributed by atoms with E-state index in [1.165, 1.54) is 38.9 Å². The van der Waals surface area contributed by atoms with Gasteiger partial charge in [-0.2, -0.15) is 0 Å². The van der Waals surface area contributed by atoms with Gasteiger partial charge in [0.25, 0.3) is 0 Å². The molecule has 0 N–H and O–H groups in total. The highest BCUT2D eigenvalue weighted by atomic mass is 31.2. The molecule has 6 aromatic rings. The van der Waals surface area contributed by atoms with Crippen LogP contribution in [0.3, 0.4) is 0 Å². The second-order valence-electron chi connectivity index (χ2n) is 20.2. The standard InChI is InChI=1S/C37H47N6O5P.C23H21O3P/c1-29(2)38-17-23-41(24-18-38)32-5-11-35(12-6-32)46-49(47-36-13-7-33(8-14-36)42-25-19-39(20-26-42)30(3)44)48-37-15-9-34(10-16-37)43-27-21-40(22-28-43)31(4)45;1-14-4-6-21-17(8-14)12-19-10-16(3)11-20-13-18-9-15(2)5-7-22(18)25-27(24-21)26-23(19)20/h5-16H,1,17-28H2,2-4H3;4-11H,12-13H2,1-3H3. The lowest BCUT2D eigenvalue weighted by atomic mass is 9.94. The first-order valence-electron chi connectivity index (χ1n) is 26.2. The van der Waals surface area contributed by atoms with Crippen LogP contribution in [0.4, 0.5) is 17.1 Å². The van der Waals surface area contributed by atoms with Crippen LogP contribution in [0.5, 0.6) is 34.5 Å². The Bertz CT molecular complexity index is 2760. The van der Waals surface area contributed by atoms with E-state index in [9.17, 15) is 9.59 Å². The van der Waals surface area contributed by atoms with Crippen LogP contribution in [0.1, 0.15) is 59.7 Å². The number of hydrogen-bond acceptors (Lipinski definition) is 12. The molecular weight excluding hydrogens is 995 g/mol. The molecule has 3 saturated heterocycles. The van der Waals surface area contributed by atoms with Crippen molar-refractivity contribution < 1.29 is 36.7 Å². The predicted molar refractivity (Wildman–Crippen MR) is 304 cm³/mol. The minimum absolute atomic E-state index is 0.120. The Labute approximate surface area is 450 Å². The molecular formula is C60H68N6O8P2. The van der Waals surface area contributed by atoms with Crippen LogP contribution in [-0.4, -0.2) is 105 Å². The Morgan fingerprint density at radius 1 is 0.447 bits per heavy atom. The first-order valence-corrected chi connectivity index (χ1v) is 28.4. The van der Waals surface area contributed by atoms with Gasteiger partial charge in [0.05, 0.1) is 0 Å². The van der Waals surface area contributed by atoms with Crippen LogP contribution in [-0.2, 0) is 22.4 Å². The van der Waals surface area contributed by atoms with E-state index in [1.807, 2.05) is 82.6 Å². The molecule has 2 amide bonds. The van der Waals surface area contributed by atoms with Crippen molar-refractivity contribution in [2.24, 2.45) is 0 Å². The molecule has 14 nitrogen and oxygen atoms in total. The monoisotopic (exact) mass is 1060 g/mol. The van der Waals surface area contributed by atoms with E-state index < -0.39 is 17.2 Å². The van der Waals surface area contributed by atoms with E-state index in [2.05, 4.69) is 102 Å². The molecule has 396 valence electrons. The summed E-state index contributed by atoms with van der Waals surface area (Å²) >= 11 is 0. The zero-order valence-corrected chi connectivity index (χ0v) is 46.3. The Morgan fingerprint density at radius 2 is 0.789 bits per heavy atom. The SMILES string of the molecule is C=C(C)N1CCN(c2ccc(OP(Oc3ccc(N4CCN(C(C)=O)CC4)cc3)Oc3ccc(N4CCN(C(C)=O)CC4)cc3)cc2)CC1.Cc1ccc2c(c1)Cc1cc(C)cc3c1OP(O2)Oc1ccc(C)cc1C3. The smallest absolute Gasteiger partial charge is 0.409 e. The summed E-state index contributed by atoms with van der Waals surface area (Å²) in [6, 6.07) is 41.0. The number of rotatable bonds is 10. The summed E-state index contributed by atoms with van der Waals surface area (Å²) in [7, 11) is -3.42. The van der Waals surface area contributed by atoms with Gasteiger partial charge in [0, 0.05) is 128 Å². The zero-order chi connectivity index (χ0) is 52.9. The van der Waals surface area contributed by atoms with Gasteiger partial charge in [-0.15, -0.1) is 0 Å². The number of hydrogen-bond donors (Lipinski definition) is 0. The van der Waals surface area contributed by atoms with Crippen molar-refractivity contribution in [2.45, 2.75) is 54.4 Å². The van der Waals surface area contributed by atoms with E-state index in [0.29, 0.717) is 17.2 Å². The van der Waals surface area contributed by atoms with Crippen molar-refractivity contribution in [3.05, 3.63) is 173 Å². The minimum Gasteiger partial charge on any atom is -0.409 e. The number of aryl methyl sites for hydroxylation is 3. The fourth-order valence-electron chi connectivity index (χ4n) is 10.3. The molecule has 0 saturated carbocycles. The molecule has 16 heteroatoms. The molecule has 11 rings (SSSR count). The molecule has 5 heterocycles. The number of nitrogens with zero attached hydrogens (tertiary/aromatic N) is 6. The van der Waals surface area contributed by atoms with Crippen molar-refractivity contribution in [1.29, 1.82) is 0 Å². The summed E-state index contributed by atoms with van der Waals surface area (Å²) in [4.78, 5) is 36.5. The molecule has 0 radical (unpaired) electrons. The number of benzene rings is 6. The normalized spacial score (nSPS) is 16.2. The third-order valence-electron chi connectivity index (χ3n) is 14.5. The van der Waals surface area contributed by atoms with Crippen LogP contribution < -0.4 is 41.8 Å². The highest BCUT2D eigenvalue weighted by molar-refractivity contribution is 7.43. The molecule has 0 spiro atoms. The van der Waals surface area contributed by atoms with Gasteiger partial charge in [-0.1, -0.05) is 59.7 Å². The molecule has 5 aliphatic heterocycles. The van der Waals surface area contributed by atoms with Crippen LogP contribution in [0.15, 0.2) is 134 Å². The van der Waals surface area contributed by atoms with Crippen LogP contribution in [0, 0.1) is 20.8 Å². The highest BCUT2D eigenvalue weighted by Gasteiger charge is 2.31. The average Bonchev–Trinajstić information content (AvgIpc) is 3.42. The molecule has 0 unspecified atom stereocenters. The highest BCUT2D eigenvalue weighted by Crippen LogP contribution is 2.51. The van der Waals surface area contributed by atoms with E-state index in [-0.39, 0.29) is 11.8 Å². The summed E-state index contributed by atoms with van der Waals surface area (Å²) in [6.45, 7) is 25.6. The molecule has 2 bridgehead atoms. The third-order valence-corrected chi connectivity index (χ3v) is 16.6. The molecule has 0 aromatic heterocycles. The van der Waals surface area contributed by atoms with Gasteiger partial charge in [0.1, 0.15) is 34.5 Å². The van der Waals surface area contributed by atoms with Crippen molar-refractivity contribution in [3.8, 4) is 34.5 Å². The van der Waals surface area contributed by atoms with Crippen molar-refractivity contribution in [3.63, 3.8) is 0 Å². The maximum atomic E-state index is 11.7. The number of piperazine rings is 3. The maximum absolute atomic E-state index is 11.7. The van der Waals surface area contributed by atoms with Gasteiger partial charge < -0.3 is 56.5 Å². The number of anilines is 3. The first kappa shape index (κ1) is 52.3. The van der Waals surface area contributed by atoms with E-state index >= 15 is 0 Å². The van der Waals surface area contributed by atoms with Crippen molar-refractivity contribution in [1.82, 2.24) is 14.7 Å². The van der Waals surface area contributed by atoms with Crippen LogP contribution in [0.2, 0.25) is 0 Å². The van der Waals surface area contributed by atoms with E-state index in [1.54, 1.807) is 13.8 Å². The third kappa shape index (κ3) is 12.7. The van der Waals surface area contributed by atoms with E-state index in [4.69, 9.17) is 27.1 Å². The zero-order valence-electron chi connectivity index (χ0n) is 44.5. The molecule has 0 atom stereocenters. The largest absolute Gasteiger partial charge is 0.530 e. The number of allylic oxidation sites excluding steroid dienone is 1. The lowest BCUT2D eigenvalue weighted by Gasteiger charge is -2.37. The van der Waals surface area contributed by atoms with Gasteiger partial charge in [-0.3, -0.25) is 9.59 Å². The average molecular weight is 1060 g/mol. The van der Waals surface area contributed by atoms with Gasteiger partial charge in [0.2, 0.25) is 11.8 Å². The lowest BCUT2D eigenvalue weighted by molar-refractivity contribution is -0.129. The minimum atomic E-state index is -1.85. The second kappa shape index (κ2) is 23.4. The van der Waals surface area contributed by atoms with Crippen molar-refractivity contribution in [2.75, 3.05) is 93.2 Å². The van der Waals surface area contributed by atoms with Gasteiger partial charge in [0.15, 0.2) is 0 Å². The Morgan fingerprint density at radius 3 is 1.13 bits per heavy atom. The van der Waals surface area contributed by atoms with Gasteiger partial charge >= 0.3 is 17.2 Å². The maximum Gasteiger partial charge on any atom is 0.530 e. The van der Waals surface area contributed by atoms with Crippen LogP contribution in [0.25, 0.3) is 0 Å². The number of amides is 2. The predicted octanol–water partition coefficient (Wildman–Crippen LogP) is 11.6. The van der Waals surface area contributed by atoms with Gasteiger partial charge in [-0.25, -0.2) is 0 Å². The summed E-state index contributed by atoms with van der Waals surface area (Å²) in [6.07, 6.45) is 1.59. The second-order valence-corrected chi connectivity index (χ2v) is 22.2. The fourth-order valence-corrected chi connectivity index (χ4v) is 12.4. The fraction of sp³-hybridized carbons (Fsp3) is 0.333. The number of carbonyl (C=O) groups excluding carboxylic acids is 2. The van der Waals surface area contributed by atoms with Gasteiger partial charge in [-0.05, 0) is 135 Å². The quantitative estimate of drug-likeness (QED) is 0.122. The molecule has 76 heavy (non-hydrogen) atoms. The van der Waals surface area contributed by atoms with Crippen LogP contribution >= 0.6 is 17.2 Å². The van der Waals surface area contributed by atoms with E-state index in [0.717, 1.165) is 131 Å². The molecule has 3 fully saturated rings. The Balaban J connectivity index is 0.000000203. The summed E-state index contributed by atoms with van der Waals surface area (Å²) in [5.74, 6) is 4.80. The molecule has 0 aliphatic carbocycles. The Hall–Kier alpha value is -7.14.